The number of aryl methyl sites for hydroxylation is 2. The first-order valence-corrected chi connectivity index (χ1v) is 10.8. The van der Waals surface area contributed by atoms with Crippen molar-refractivity contribution < 1.29 is 17.6 Å². The van der Waals surface area contributed by atoms with Crippen LogP contribution in [0.15, 0.2) is 23.1 Å². The molecule has 1 aliphatic heterocycles. The number of sulfonamides is 1. The maximum atomic E-state index is 13.3. The second-order valence-electron chi connectivity index (χ2n) is 6.64. The number of halogens is 2. The molecule has 0 N–H and O–H groups in total. The van der Waals surface area contributed by atoms with E-state index in [-0.39, 0.29) is 47.6 Å². The van der Waals surface area contributed by atoms with Crippen LogP contribution in [0.1, 0.15) is 28.7 Å². The molecule has 2 aromatic rings. The maximum Gasteiger partial charge on any atom is 0.253 e. The average molecular weight is 429 g/mol. The predicted molar refractivity (Wildman–Crippen MR) is 103 cm³/mol. The van der Waals surface area contributed by atoms with E-state index in [1.807, 2.05) is 6.92 Å². The molecule has 1 aromatic heterocycles. The topological polar surface area (TPSA) is 75.5 Å². The van der Waals surface area contributed by atoms with E-state index in [0.29, 0.717) is 17.9 Å². The Labute approximate surface area is 168 Å². The third kappa shape index (κ3) is 3.66. The number of carbonyl (C=O) groups excluding carboxylic acids is 1. The van der Waals surface area contributed by atoms with Crippen molar-refractivity contribution in [3.05, 3.63) is 46.0 Å². The number of amides is 1. The molecule has 28 heavy (non-hydrogen) atoms. The van der Waals surface area contributed by atoms with Gasteiger partial charge in [0.15, 0.2) is 0 Å². The zero-order valence-corrected chi connectivity index (χ0v) is 17.5. The first-order chi connectivity index (χ1) is 13.2. The van der Waals surface area contributed by atoms with Gasteiger partial charge in [-0.1, -0.05) is 11.6 Å². The first-order valence-electron chi connectivity index (χ1n) is 8.95. The van der Waals surface area contributed by atoms with Gasteiger partial charge in [-0.25, -0.2) is 12.8 Å². The summed E-state index contributed by atoms with van der Waals surface area (Å²) in [6, 6.07) is 3.81. The molecular weight excluding hydrogens is 407 g/mol. The normalized spacial score (nSPS) is 15.8. The van der Waals surface area contributed by atoms with E-state index in [9.17, 15) is 17.6 Å². The summed E-state index contributed by atoms with van der Waals surface area (Å²) in [5.74, 6) is -0.891. The van der Waals surface area contributed by atoms with E-state index < -0.39 is 15.8 Å². The van der Waals surface area contributed by atoms with Gasteiger partial charge >= 0.3 is 0 Å². The van der Waals surface area contributed by atoms with Crippen LogP contribution in [-0.2, 0) is 16.6 Å². The predicted octanol–water partition coefficient (Wildman–Crippen LogP) is 2.46. The Kier molecular flexibility index (Phi) is 5.79. The molecule has 0 atom stereocenters. The highest BCUT2D eigenvalue weighted by atomic mass is 35.5. The number of benzene rings is 1. The van der Waals surface area contributed by atoms with Gasteiger partial charge < -0.3 is 4.90 Å². The van der Waals surface area contributed by atoms with E-state index in [1.54, 1.807) is 23.4 Å². The van der Waals surface area contributed by atoms with Gasteiger partial charge in [-0.3, -0.25) is 9.48 Å². The molecule has 0 bridgehead atoms. The van der Waals surface area contributed by atoms with E-state index in [4.69, 9.17) is 11.6 Å². The van der Waals surface area contributed by atoms with Crippen LogP contribution in [0.25, 0.3) is 0 Å². The minimum absolute atomic E-state index is 0.119. The Morgan fingerprint density at radius 1 is 1.21 bits per heavy atom. The number of nitrogens with zero attached hydrogens (tertiary/aromatic N) is 4. The van der Waals surface area contributed by atoms with Crippen LogP contribution >= 0.6 is 11.6 Å². The maximum absolute atomic E-state index is 13.3. The molecule has 2 heterocycles. The highest BCUT2D eigenvalue weighted by Gasteiger charge is 2.34. The Morgan fingerprint density at radius 3 is 2.39 bits per heavy atom. The molecule has 1 fully saturated rings. The van der Waals surface area contributed by atoms with E-state index >= 15 is 0 Å². The first kappa shape index (κ1) is 20.8. The minimum atomic E-state index is -3.70. The quantitative estimate of drug-likeness (QED) is 0.749. The van der Waals surface area contributed by atoms with E-state index in [2.05, 4.69) is 5.10 Å². The molecule has 1 aliphatic rings. The lowest BCUT2D eigenvalue weighted by molar-refractivity contribution is 0.0697. The van der Waals surface area contributed by atoms with Gasteiger partial charge in [-0.05, 0) is 39.0 Å². The van der Waals surface area contributed by atoms with Crippen LogP contribution in [0.2, 0.25) is 5.02 Å². The van der Waals surface area contributed by atoms with Crippen LogP contribution < -0.4 is 0 Å². The molecule has 0 aliphatic carbocycles. The lowest BCUT2D eigenvalue weighted by atomic mass is 10.2. The third-order valence-corrected chi connectivity index (χ3v) is 7.35. The van der Waals surface area contributed by atoms with E-state index in [1.165, 1.54) is 16.4 Å². The van der Waals surface area contributed by atoms with Crippen LogP contribution in [0.3, 0.4) is 0 Å². The highest BCUT2D eigenvalue weighted by molar-refractivity contribution is 7.89. The van der Waals surface area contributed by atoms with Gasteiger partial charge in [-0.2, -0.15) is 9.40 Å². The van der Waals surface area contributed by atoms with Crippen molar-refractivity contribution in [3.8, 4) is 0 Å². The molecule has 1 aromatic carbocycles. The summed E-state index contributed by atoms with van der Waals surface area (Å²) in [6.07, 6.45) is 0. The minimum Gasteiger partial charge on any atom is -0.336 e. The summed E-state index contributed by atoms with van der Waals surface area (Å²) < 4.78 is 42.5. The Hall–Kier alpha value is -1.97. The molecule has 10 heteroatoms. The molecule has 0 unspecified atom stereocenters. The molecule has 0 radical (unpaired) electrons. The van der Waals surface area contributed by atoms with Crippen molar-refractivity contribution in [3.63, 3.8) is 0 Å². The summed E-state index contributed by atoms with van der Waals surface area (Å²) in [4.78, 5) is 14.4. The molecule has 152 valence electrons. The molecule has 0 saturated carbocycles. The monoisotopic (exact) mass is 428 g/mol. The number of piperazine rings is 1. The van der Waals surface area contributed by atoms with Crippen LogP contribution in [-0.4, -0.2) is 59.5 Å². The summed E-state index contributed by atoms with van der Waals surface area (Å²) in [5, 5.41) is 4.17. The van der Waals surface area contributed by atoms with Gasteiger partial charge in [-0.15, -0.1) is 0 Å². The fourth-order valence-corrected chi connectivity index (χ4v) is 5.41. The number of aromatic nitrogens is 2. The summed E-state index contributed by atoms with van der Waals surface area (Å²) in [5.41, 5.74) is 1.36. The molecule has 1 amide bonds. The lowest BCUT2D eigenvalue weighted by Gasteiger charge is -2.34. The second kappa shape index (κ2) is 7.81. The molecule has 3 rings (SSSR count). The third-order valence-electron chi connectivity index (χ3n) is 4.90. The van der Waals surface area contributed by atoms with Crippen LogP contribution in [0.4, 0.5) is 4.39 Å². The fourth-order valence-electron chi connectivity index (χ4n) is 3.43. The number of rotatable bonds is 4. The van der Waals surface area contributed by atoms with Gasteiger partial charge in [0.25, 0.3) is 5.91 Å². The zero-order chi connectivity index (χ0) is 20.6. The molecular formula is C18H22ClFN4O3S. The average Bonchev–Trinajstić information content (AvgIpc) is 2.97. The van der Waals surface area contributed by atoms with Crippen molar-refractivity contribution in [2.75, 3.05) is 26.2 Å². The standard InChI is InChI=1S/C18H22ClFN4O3S/c1-4-24-13(3)17(12(2)21-24)28(26,27)23-9-7-22(8-10-23)18(25)14-5-6-16(20)15(19)11-14/h5-6,11H,4,7-10H2,1-3H3. The largest absolute Gasteiger partial charge is 0.336 e. The molecule has 1 saturated heterocycles. The van der Waals surface area contributed by atoms with Gasteiger partial charge in [0.2, 0.25) is 10.0 Å². The van der Waals surface area contributed by atoms with Crippen LogP contribution in [0, 0.1) is 19.7 Å². The molecule has 7 nitrogen and oxygen atoms in total. The Morgan fingerprint density at radius 2 is 1.86 bits per heavy atom. The van der Waals surface area contributed by atoms with Crippen molar-refractivity contribution in [2.24, 2.45) is 0 Å². The smallest absolute Gasteiger partial charge is 0.253 e. The molecule has 0 spiro atoms. The van der Waals surface area contributed by atoms with Gasteiger partial charge in [0, 0.05) is 38.3 Å². The van der Waals surface area contributed by atoms with Gasteiger partial charge in [0.05, 0.1) is 16.4 Å². The summed E-state index contributed by atoms with van der Waals surface area (Å²) in [7, 11) is -3.70. The lowest BCUT2D eigenvalue weighted by Crippen LogP contribution is -2.50. The zero-order valence-electron chi connectivity index (χ0n) is 15.9. The summed E-state index contributed by atoms with van der Waals surface area (Å²) in [6.45, 7) is 6.77. The number of carbonyl (C=O) groups is 1. The number of hydrogen-bond acceptors (Lipinski definition) is 4. The van der Waals surface area contributed by atoms with Crippen molar-refractivity contribution in [1.82, 2.24) is 19.0 Å². The Balaban J connectivity index is 1.75. The SMILES string of the molecule is CCn1nc(C)c(S(=O)(=O)N2CCN(C(=O)c3ccc(F)c(Cl)c3)CC2)c1C. The van der Waals surface area contributed by atoms with Gasteiger partial charge in [0.1, 0.15) is 10.7 Å². The van der Waals surface area contributed by atoms with Crippen LogP contribution in [0.5, 0.6) is 0 Å². The van der Waals surface area contributed by atoms with E-state index in [0.717, 1.165) is 6.07 Å². The summed E-state index contributed by atoms with van der Waals surface area (Å²) >= 11 is 5.75. The fraction of sp³-hybridized carbons (Fsp3) is 0.444. The van der Waals surface area contributed by atoms with Crippen molar-refractivity contribution in [2.45, 2.75) is 32.2 Å². The Bertz CT molecular complexity index is 1010. The highest BCUT2D eigenvalue weighted by Crippen LogP contribution is 2.25. The van der Waals surface area contributed by atoms with Crippen molar-refractivity contribution >= 4 is 27.5 Å². The van der Waals surface area contributed by atoms with Crippen molar-refractivity contribution in [1.29, 1.82) is 0 Å². The number of hydrogen-bond donors (Lipinski definition) is 0. The second-order valence-corrected chi connectivity index (χ2v) is 8.92.